The van der Waals surface area contributed by atoms with E-state index in [1.807, 2.05) is 0 Å². The second-order valence-corrected chi connectivity index (χ2v) is 6.31. The second-order valence-electron chi connectivity index (χ2n) is 3.74. The van der Waals surface area contributed by atoms with E-state index in [1.54, 1.807) is 24.3 Å². The Kier molecular flexibility index (Phi) is 3.10. The minimum Gasteiger partial charge on any atom is -0.329 e. The third kappa shape index (κ3) is 1.90. The Hall–Kier alpha value is -0.780. The lowest BCUT2D eigenvalue weighted by Crippen LogP contribution is -2.33. The summed E-state index contributed by atoms with van der Waals surface area (Å²) in [7, 11) is -3.28. The maximum absolute atomic E-state index is 12.0. The van der Waals surface area contributed by atoms with Gasteiger partial charge in [0.25, 0.3) is 0 Å². The predicted molar refractivity (Wildman–Crippen MR) is 65.2 cm³/mol. The first-order valence-corrected chi connectivity index (χ1v) is 6.91. The Labute approximate surface area is 100 Å². The molecule has 6 heteroatoms. The number of anilines is 1. The fourth-order valence-electron chi connectivity index (χ4n) is 1.84. The van der Waals surface area contributed by atoms with Crippen molar-refractivity contribution in [1.82, 2.24) is 0 Å². The van der Waals surface area contributed by atoms with Gasteiger partial charge in [-0.1, -0.05) is 11.6 Å². The van der Waals surface area contributed by atoms with Crippen molar-refractivity contribution in [2.24, 2.45) is 5.73 Å². The highest BCUT2D eigenvalue weighted by molar-refractivity contribution is 7.93. The van der Waals surface area contributed by atoms with Crippen LogP contribution in [0.15, 0.2) is 24.3 Å². The van der Waals surface area contributed by atoms with Crippen LogP contribution in [0.25, 0.3) is 0 Å². The van der Waals surface area contributed by atoms with Gasteiger partial charge in [-0.3, -0.25) is 4.31 Å². The Balaban J connectivity index is 2.33. The summed E-state index contributed by atoms with van der Waals surface area (Å²) in [6.45, 7) is 0.665. The van der Waals surface area contributed by atoms with Crippen LogP contribution >= 0.6 is 11.6 Å². The molecule has 0 radical (unpaired) electrons. The van der Waals surface area contributed by atoms with Crippen molar-refractivity contribution in [3.05, 3.63) is 29.3 Å². The lowest BCUT2D eigenvalue weighted by molar-refractivity contribution is 0.588. The average molecular weight is 261 g/mol. The minimum atomic E-state index is -3.28. The van der Waals surface area contributed by atoms with E-state index in [-0.39, 0.29) is 6.54 Å². The zero-order chi connectivity index (χ0) is 11.8. The van der Waals surface area contributed by atoms with Crippen molar-refractivity contribution in [3.63, 3.8) is 0 Å². The van der Waals surface area contributed by atoms with E-state index in [4.69, 9.17) is 17.3 Å². The Bertz CT molecular complexity index is 472. The van der Waals surface area contributed by atoms with Gasteiger partial charge in [0.15, 0.2) is 0 Å². The molecule has 0 aromatic heterocycles. The number of halogens is 1. The molecule has 1 aromatic rings. The number of nitrogens with two attached hydrogens (primary N) is 1. The molecule has 1 heterocycles. The van der Waals surface area contributed by atoms with Crippen molar-refractivity contribution in [2.75, 3.05) is 17.4 Å². The Morgan fingerprint density at radius 2 is 2.00 bits per heavy atom. The van der Waals surface area contributed by atoms with E-state index in [9.17, 15) is 8.42 Å². The summed E-state index contributed by atoms with van der Waals surface area (Å²) in [5, 5.41) is 0.138. The monoisotopic (exact) mass is 260 g/mol. The highest BCUT2D eigenvalue weighted by atomic mass is 35.5. The van der Waals surface area contributed by atoms with Crippen LogP contribution in [0.4, 0.5) is 5.69 Å². The summed E-state index contributed by atoms with van der Waals surface area (Å²) in [5.74, 6) is 0. The molecule has 1 fully saturated rings. The maximum Gasteiger partial charge on any atom is 0.239 e. The highest BCUT2D eigenvalue weighted by Crippen LogP contribution is 2.28. The zero-order valence-corrected chi connectivity index (χ0v) is 10.2. The Morgan fingerprint density at radius 3 is 2.50 bits per heavy atom. The predicted octanol–water partition coefficient (Wildman–Crippen LogP) is 1.21. The average Bonchev–Trinajstić information content (AvgIpc) is 2.54. The fraction of sp³-hybridized carbons (Fsp3) is 0.400. The summed E-state index contributed by atoms with van der Waals surface area (Å²) < 4.78 is 25.4. The summed E-state index contributed by atoms with van der Waals surface area (Å²) >= 11 is 5.76. The van der Waals surface area contributed by atoms with Crippen molar-refractivity contribution in [3.8, 4) is 0 Å². The molecule has 1 saturated heterocycles. The second kappa shape index (κ2) is 4.24. The molecule has 0 amide bonds. The molecule has 0 unspecified atom stereocenters. The van der Waals surface area contributed by atoms with E-state index < -0.39 is 15.3 Å². The van der Waals surface area contributed by atoms with Crippen molar-refractivity contribution in [1.29, 1.82) is 0 Å². The third-order valence-corrected chi connectivity index (χ3v) is 5.29. The van der Waals surface area contributed by atoms with Gasteiger partial charge in [-0.2, -0.15) is 0 Å². The van der Waals surface area contributed by atoms with E-state index in [1.165, 1.54) is 4.31 Å². The van der Waals surface area contributed by atoms with Crippen LogP contribution in [0.1, 0.15) is 6.42 Å². The van der Waals surface area contributed by atoms with Gasteiger partial charge >= 0.3 is 0 Å². The quantitative estimate of drug-likeness (QED) is 0.869. The summed E-state index contributed by atoms with van der Waals surface area (Å²) in [5.41, 5.74) is 6.10. The van der Waals surface area contributed by atoms with Crippen LogP contribution in [0.2, 0.25) is 5.02 Å². The van der Waals surface area contributed by atoms with Crippen LogP contribution in [0.3, 0.4) is 0 Å². The third-order valence-electron chi connectivity index (χ3n) is 2.76. The molecule has 16 heavy (non-hydrogen) atoms. The summed E-state index contributed by atoms with van der Waals surface area (Å²) in [6.07, 6.45) is 0.585. The van der Waals surface area contributed by atoms with Gasteiger partial charge in [0, 0.05) is 18.1 Å². The first-order chi connectivity index (χ1) is 7.55. The molecule has 2 N–H and O–H groups in total. The number of hydrogen-bond acceptors (Lipinski definition) is 3. The first kappa shape index (κ1) is 11.7. The number of nitrogens with zero attached hydrogens (tertiary/aromatic N) is 1. The molecule has 4 nitrogen and oxygen atoms in total. The molecule has 1 atom stereocenters. The van der Waals surface area contributed by atoms with Crippen molar-refractivity contribution in [2.45, 2.75) is 11.7 Å². The molecule has 0 spiro atoms. The van der Waals surface area contributed by atoms with E-state index in [2.05, 4.69) is 0 Å². The van der Waals surface area contributed by atoms with Gasteiger partial charge in [-0.15, -0.1) is 0 Å². The van der Waals surface area contributed by atoms with Gasteiger partial charge < -0.3 is 5.73 Å². The Morgan fingerprint density at radius 1 is 1.38 bits per heavy atom. The van der Waals surface area contributed by atoms with Gasteiger partial charge in [-0.25, -0.2) is 8.42 Å². The van der Waals surface area contributed by atoms with Crippen LogP contribution in [-0.2, 0) is 10.0 Å². The summed E-state index contributed by atoms with van der Waals surface area (Å²) in [6, 6.07) is 6.78. The first-order valence-electron chi connectivity index (χ1n) is 5.03. The molecule has 2 rings (SSSR count). The summed E-state index contributed by atoms with van der Waals surface area (Å²) in [4.78, 5) is 0. The fourth-order valence-corrected chi connectivity index (χ4v) is 3.75. The molecule has 1 aromatic carbocycles. The van der Waals surface area contributed by atoms with E-state index in [0.717, 1.165) is 0 Å². The van der Waals surface area contributed by atoms with Crippen LogP contribution in [-0.4, -0.2) is 26.8 Å². The molecule has 0 bridgehead atoms. The van der Waals surface area contributed by atoms with Crippen molar-refractivity contribution < 1.29 is 8.42 Å². The van der Waals surface area contributed by atoms with E-state index >= 15 is 0 Å². The number of hydrogen-bond donors (Lipinski definition) is 1. The lowest BCUT2D eigenvalue weighted by Gasteiger charge is -2.18. The lowest BCUT2D eigenvalue weighted by atomic mass is 10.3. The molecular weight excluding hydrogens is 248 g/mol. The van der Waals surface area contributed by atoms with Crippen LogP contribution < -0.4 is 10.0 Å². The number of benzene rings is 1. The number of sulfonamides is 1. The maximum atomic E-state index is 12.0. The van der Waals surface area contributed by atoms with Gasteiger partial charge in [0.1, 0.15) is 0 Å². The topological polar surface area (TPSA) is 63.4 Å². The van der Waals surface area contributed by atoms with Gasteiger partial charge in [0.05, 0.1) is 10.9 Å². The normalized spacial score (nSPS) is 23.6. The zero-order valence-electron chi connectivity index (χ0n) is 8.64. The smallest absolute Gasteiger partial charge is 0.239 e. The van der Waals surface area contributed by atoms with E-state index in [0.29, 0.717) is 23.7 Å². The van der Waals surface area contributed by atoms with Gasteiger partial charge in [0.2, 0.25) is 10.0 Å². The molecule has 88 valence electrons. The minimum absolute atomic E-state index is 0.173. The van der Waals surface area contributed by atoms with Gasteiger partial charge in [-0.05, 0) is 30.7 Å². The molecule has 0 aliphatic carbocycles. The SMILES string of the molecule is NC[C@@H]1CCN(c2ccc(Cl)cc2)S1(=O)=O. The van der Waals surface area contributed by atoms with Crippen molar-refractivity contribution >= 4 is 27.3 Å². The van der Waals surface area contributed by atoms with Crippen LogP contribution in [0.5, 0.6) is 0 Å². The highest BCUT2D eigenvalue weighted by Gasteiger charge is 2.37. The number of rotatable bonds is 2. The molecule has 1 aliphatic heterocycles. The standard InChI is InChI=1S/C10H13ClN2O2S/c11-8-1-3-9(4-2-8)13-6-5-10(7-12)16(13,14)15/h1-4,10H,5-7,12H2/t10-/m0/s1. The largest absolute Gasteiger partial charge is 0.329 e. The molecule has 0 saturated carbocycles. The molecule has 1 aliphatic rings. The van der Waals surface area contributed by atoms with Crippen LogP contribution in [0, 0.1) is 0 Å². The molecular formula is C10H13ClN2O2S.